The summed E-state index contributed by atoms with van der Waals surface area (Å²) in [6.45, 7) is 2.24. The van der Waals surface area contributed by atoms with E-state index in [1.165, 1.54) is 12.1 Å². The fourth-order valence-electron chi connectivity index (χ4n) is 2.07. The molecule has 1 aliphatic rings. The molecule has 94 valence electrons. The van der Waals surface area contributed by atoms with Crippen LogP contribution in [0.15, 0.2) is 24.3 Å². The minimum Gasteiger partial charge on any atom is -0.490 e. The molecule has 0 bridgehead atoms. The number of hydrogen-bond acceptors (Lipinski definition) is 3. The van der Waals surface area contributed by atoms with Crippen LogP contribution in [0.3, 0.4) is 0 Å². The highest BCUT2D eigenvalue weighted by Gasteiger charge is 2.32. The molecule has 1 aromatic rings. The first-order valence-electron chi connectivity index (χ1n) is 5.88. The van der Waals surface area contributed by atoms with Gasteiger partial charge < -0.3 is 14.8 Å². The van der Waals surface area contributed by atoms with E-state index in [0.29, 0.717) is 12.4 Å². The lowest BCUT2D eigenvalue weighted by Gasteiger charge is -2.36. The van der Waals surface area contributed by atoms with E-state index in [1.54, 1.807) is 19.2 Å². The number of halogens is 1. The molecule has 0 aliphatic carbocycles. The van der Waals surface area contributed by atoms with Crippen LogP contribution in [0.4, 0.5) is 4.39 Å². The van der Waals surface area contributed by atoms with E-state index in [9.17, 15) is 4.39 Å². The Balaban J connectivity index is 1.95. The monoisotopic (exact) mass is 239 g/mol. The minimum atomic E-state index is -0.287. The number of ether oxygens (including phenoxy) is 2. The summed E-state index contributed by atoms with van der Waals surface area (Å²) in [4.78, 5) is 0. The predicted octanol–water partition coefficient (Wildman–Crippen LogP) is 1.97. The second kappa shape index (κ2) is 5.47. The third-order valence-corrected chi connectivity index (χ3v) is 3.16. The van der Waals surface area contributed by atoms with Crippen LogP contribution in [0, 0.1) is 5.82 Å². The maximum atomic E-state index is 13.0. The molecule has 1 saturated heterocycles. The van der Waals surface area contributed by atoms with Gasteiger partial charge in [-0.25, -0.2) is 4.39 Å². The van der Waals surface area contributed by atoms with Gasteiger partial charge in [-0.3, -0.25) is 0 Å². The summed E-state index contributed by atoms with van der Waals surface area (Å²) in [6, 6.07) is 6.19. The van der Waals surface area contributed by atoms with Crippen LogP contribution in [-0.2, 0) is 4.74 Å². The average Bonchev–Trinajstić information content (AvgIpc) is 2.38. The van der Waals surface area contributed by atoms with Crippen molar-refractivity contribution in [3.05, 3.63) is 30.1 Å². The van der Waals surface area contributed by atoms with Crippen LogP contribution in [0.1, 0.15) is 12.8 Å². The van der Waals surface area contributed by atoms with Gasteiger partial charge in [-0.05, 0) is 31.5 Å². The normalized spacial score (nSPS) is 24.6. The molecule has 1 fully saturated rings. The molecule has 0 amide bonds. The van der Waals surface area contributed by atoms with E-state index in [-0.39, 0.29) is 11.4 Å². The lowest BCUT2D eigenvalue weighted by molar-refractivity contribution is -0.0588. The van der Waals surface area contributed by atoms with Crippen molar-refractivity contribution < 1.29 is 13.9 Å². The number of methoxy groups -OCH3 is 1. The lowest BCUT2D eigenvalue weighted by Crippen LogP contribution is -2.51. The van der Waals surface area contributed by atoms with Gasteiger partial charge >= 0.3 is 0 Å². The SMILES string of the molecule is COC1(COc2cccc(F)c2)CCCNC1. The average molecular weight is 239 g/mol. The molecule has 4 heteroatoms. The Hall–Kier alpha value is -1.13. The van der Waals surface area contributed by atoms with E-state index >= 15 is 0 Å². The summed E-state index contributed by atoms with van der Waals surface area (Å²) >= 11 is 0. The fourth-order valence-corrected chi connectivity index (χ4v) is 2.07. The van der Waals surface area contributed by atoms with Gasteiger partial charge in [0.2, 0.25) is 0 Å². The van der Waals surface area contributed by atoms with Gasteiger partial charge in [0.1, 0.15) is 23.8 Å². The Morgan fingerprint density at radius 3 is 3.00 bits per heavy atom. The molecule has 17 heavy (non-hydrogen) atoms. The zero-order chi connectivity index (χ0) is 12.1. The van der Waals surface area contributed by atoms with Gasteiger partial charge in [-0.15, -0.1) is 0 Å². The Labute approximate surface area is 101 Å². The molecular weight excluding hydrogens is 221 g/mol. The van der Waals surface area contributed by atoms with E-state index < -0.39 is 0 Å². The molecule has 1 atom stereocenters. The van der Waals surface area contributed by atoms with Crippen molar-refractivity contribution in [2.75, 3.05) is 26.8 Å². The van der Waals surface area contributed by atoms with Gasteiger partial charge in [0, 0.05) is 19.7 Å². The number of rotatable bonds is 4. The van der Waals surface area contributed by atoms with Crippen LogP contribution in [0.2, 0.25) is 0 Å². The summed E-state index contributed by atoms with van der Waals surface area (Å²) in [5.74, 6) is 0.266. The van der Waals surface area contributed by atoms with Crippen LogP contribution < -0.4 is 10.1 Å². The third kappa shape index (κ3) is 3.17. The molecule has 1 aliphatic heterocycles. The summed E-state index contributed by atoms with van der Waals surface area (Å²) in [5, 5.41) is 3.30. The minimum absolute atomic E-state index is 0.282. The molecule has 0 radical (unpaired) electrons. The summed E-state index contributed by atoms with van der Waals surface area (Å²) in [7, 11) is 1.70. The number of hydrogen-bond donors (Lipinski definition) is 1. The van der Waals surface area contributed by atoms with Gasteiger partial charge in [0.05, 0.1) is 0 Å². The van der Waals surface area contributed by atoms with Crippen molar-refractivity contribution in [2.24, 2.45) is 0 Å². The van der Waals surface area contributed by atoms with Gasteiger partial charge in [-0.2, -0.15) is 0 Å². The lowest BCUT2D eigenvalue weighted by atomic mass is 9.95. The topological polar surface area (TPSA) is 30.5 Å². The Morgan fingerprint density at radius 2 is 2.35 bits per heavy atom. The fraction of sp³-hybridized carbons (Fsp3) is 0.538. The molecule has 1 N–H and O–H groups in total. The zero-order valence-corrected chi connectivity index (χ0v) is 10.0. The summed E-state index contributed by atoms with van der Waals surface area (Å²) in [6.07, 6.45) is 2.03. The Morgan fingerprint density at radius 1 is 1.47 bits per heavy atom. The zero-order valence-electron chi connectivity index (χ0n) is 10.0. The van der Waals surface area contributed by atoms with Gasteiger partial charge in [0.25, 0.3) is 0 Å². The maximum absolute atomic E-state index is 13.0. The van der Waals surface area contributed by atoms with Crippen molar-refractivity contribution in [2.45, 2.75) is 18.4 Å². The van der Waals surface area contributed by atoms with Gasteiger partial charge in [-0.1, -0.05) is 6.07 Å². The third-order valence-electron chi connectivity index (χ3n) is 3.16. The van der Waals surface area contributed by atoms with Crippen LogP contribution >= 0.6 is 0 Å². The summed E-state index contributed by atoms with van der Waals surface area (Å²) in [5.41, 5.74) is -0.287. The van der Waals surface area contributed by atoms with Crippen molar-refractivity contribution in [1.82, 2.24) is 5.32 Å². The Kier molecular flexibility index (Phi) is 3.97. The first-order valence-corrected chi connectivity index (χ1v) is 5.88. The van der Waals surface area contributed by atoms with Crippen LogP contribution in [0.25, 0.3) is 0 Å². The molecule has 2 rings (SSSR count). The molecular formula is C13H18FNO2. The van der Waals surface area contributed by atoms with E-state index in [2.05, 4.69) is 5.32 Å². The van der Waals surface area contributed by atoms with Gasteiger partial charge in [0.15, 0.2) is 0 Å². The molecule has 1 heterocycles. The van der Waals surface area contributed by atoms with Crippen LogP contribution in [-0.4, -0.2) is 32.4 Å². The first kappa shape index (κ1) is 12.3. The van der Waals surface area contributed by atoms with E-state index in [0.717, 1.165) is 25.9 Å². The summed E-state index contributed by atoms with van der Waals surface area (Å²) < 4.78 is 24.2. The number of nitrogens with one attached hydrogen (secondary N) is 1. The van der Waals surface area contributed by atoms with Crippen molar-refractivity contribution in [3.8, 4) is 5.75 Å². The highest BCUT2D eigenvalue weighted by Crippen LogP contribution is 2.22. The molecule has 0 spiro atoms. The standard InChI is InChI=1S/C13H18FNO2/c1-16-13(6-3-7-15-9-13)10-17-12-5-2-4-11(14)8-12/h2,4-5,8,15H,3,6-7,9-10H2,1H3. The van der Waals surface area contributed by atoms with Crippen molar-refractivity contribution in [3.63, 3.8) is 0 Å². The van der Waals surface area contributed by atoms with E-state index in [4.69, 9.17) is 9.47 Å². The molecule has 0 saturated carbocycles. The van der Waals surface area contributed by atoms with Crippen molar-refractivity contribution >= 4 is 0 Å². The van der Waals surface area contributed by atoms with Crippen LogP contribution in [0.5, 0.6) is 5.75 Å². The Bertz CT molecular complexity index is 364. The largest absolute Gasteiger partial charge is 0.490 e. The smallest absolute Gasteiger partial charge is 0.126 e. The molecule has 1 aromatic carbocycles. The predicted molar refractivity (Wildman–Crippen MR) is 63.7 cm³/mol. The highest BCUT2D eigenvalue weighted by atomic mass is 19.1. The molecule has 0 aromatic heterocycles. The quantitative estimate of drug-likeness (QED) is 0.871. The van der Waals surface area contributed by atoms with Crippen molar-refractivity contribution in [1.29, 1.82) is 0 Å². The number of benzene rings is 1. The first-order chi connectivity index (χ1) is 8.24. The molecule has 1 unspecified atom stereocenters. The second-order valence-corrected chi connectivity index (χ2v) is 4.41. The highest BCUT2D eigenvalue weighted by molar-refractivity contribution is 5.22. The second-order valence-electron chi connectivity index (χ2n) is 4.41. The van der Waals surface area contributed by atoms with E-state index in [1.807, 2.05) is 0 Å². The maximum Gasteiger partial charge on any atom is 0.126 e. The number of piperidine rings is 1. The molecule has 3 nitrogen and oxygen atoms in total.